The number of rotatable bonds is 4. The van der Waals surface area contributed by atoms with Crippen molar-refractivity contribution >= 4 is 11.4 Å². The van der Waals surface area contributed by atoms with Gasteiger partial charge in [0, 0.05) is 32.3 Å². The predicted molar refractivity (Wildman–Crippen MR) is 101 cm³/mol. The molecule has 4 nitrogen and oxygen atoms in total. The van der Waals surface area contributed by atoms with Crippen LogP contribution in [0.15, 0.2) is 18.2 Å². The Morgan fingerprint density at radius 3 is 2.46 bits per heavy atom. The van der Waals surface area contributed by atoms with Gasteiger partial charge >= 0.3 is 0 Å². The van der Waals surface area contributed by atoms with Gasteiger partial charge in [-0.1, -0.05) is 6.07 Å². The molecule has 3 N–H and O–H groups in total. The van der Waals surface area contributed by atoms with Crippen LogP contribution in [0.25, 0.3) is 0 Å². The van der Waals surface area contributed by atoms with E-state index in [1.807, 2.05) is 13.2 Å². The topological polar surface area (TPSA) is 50.5 Å². The number of aryl methyl sites for hydroxylation is 1. The normalized spacial score (nSPS) is 29.5. The van der Waals surface area contributed by atoms with E-state index in [2.05, 4.69) is 36.2 Å². The molecular weight excluding hydrogens is 298 g/mol. The zero-order chi connectivity index (χ0) is 17.2. The summed E-state index contributed by atoms with van der Waals surface area (Å²) in [5.41, 5.74) is 9.43. The van der Waals surface area contributed by atoms with E-state index in [4.69, 9.17) is 10.5 Å². The molecule has 24 heavy (non-hydrogen) atoms. The van der Waals surface area contributed by atoms with Gasteiger partial charge in [-0.2, -0.15) is 0 Å². The number of nitrogens with two attached hydrogens (primary N) is 1. The van der Waals surface area contributed by atoms with Crippen LogP contribution >= 0.6 is 0 Å². The molecule has 0 atom stereocenters. The van der Waals surface area contributed by atoms with Crippen molar-refractivity contribution in [1.82, 2.24) is 4.90 Å². The fraction of sp³-hybridized carbons (Fsp3) is 0.700. The molecule has 0 aromatic heterocycles. The zero-order valence-corrected chi connectivity index (χ0v) is 15.5. The van der Waals surface area contributed by atoms with Crippen molar-refractivity contribution in [1.29, 1.82) is 0 Å². The lowest BCUT2D eigenvalue weighted by Gasteiger charge is -2.43. The highest BCUT2D eigenvalue weighted by atomic mass is 16.5. The average Bonchev–Trinajstić information content (AvgIpc) is 2.60. The van der Waals surface area contributed by atoms with E-state index in [1.165, 1.54) is 57.2 Å². The minimum Gasteiger partial charge on any atom is -0.397 e. The molecular formula is C20H33N3O. The molecule has 4 heteroatoms. The molecule has 0 spiro atoms. The van der Waals surface area contributed by atoms with Gasteiger partial charge in [0.1, 0.15) is 0 Å². The van der Waals surface area contributed by atoms with Gasteiger partial charge in [-0.25, -0.2) is 0 Å². The standard InChI is InChI=1S/C20H33N3O/c1-15-4-5-18(21)19(14-15)22-16-8-12-23(13-9-16)17-6-10-20(2,24-3)11-7-17/h4-5,14,16-17,22H,6-13,21H2,1-3H3. The van der Waals surface area contributed by atoms with Crippen LogP contribution in [0.1, 0.15) is 51.0 Å². The molecule has 0 unspecified atom stereocenters. The van der Waals surface area contributed by atoms with E-state index in [-0.39, 0.29) is 5.60 Å². The molecule has 2 aliphatic rings. The molecule has 1 aliphatic heterocycles. The Hall–Kier alpha value is -1.26. The Bertz CT molecular complexity index is 544. The summed E-state index contributed by atoms with van der Waals surface area (Å²) in [6.45, 7) is 6.76. The Morgan fingerprint density at radius 2 is 1.83 bits per heavy atom. The number of benzene rings is 1. The fourth-order valence-corrected chi connectivity index (χ4v) is 4.21. The van der Waals surface area contributed by atoms with Crippen LogP contribution in [-0.2, 0) is 4.74 Å². The van der Waals surface area contributed by atoms with E-state index in [1.54, 1.807) is 0 Å². The lowest BCUT2D eigenvalue weighted by atomic mass is 9.82. The third-order valence-corrected chi connectivity index (χ3v) is 6.12. The summed E-state index contributed by atoms with van der Waals surface area (Å²) in [6, 6.07) is 7.52. The first-order chi connectivity index (χ1) is 11.5. The molecule has 1 aliphatic carbocycles. The van der Waals surface area contributed by atoms with Crippen molar-refractivity contribution in [2.24, 2.45) is 0 Å². The van der Waals surface area contributed by atoms with E-state index in [0.29, 0.717) is 6.04 Å². The molecule has 1 saturated heterocycles. The van der Waals surface area contributed by atoms with Gasteiger partial charge < -0.3 is 20.7 Å². The maximum Gasteiger partial charge on any atom is 0.0652 e. The molecule has 1 aromatic carbocycles. The summed E-state index contributed by atoms with van der Waals surface area (Å²) >= 11 is 0. The van der Waals surface area contributed by atoms with Gasteiger partial charge in [-0.3, -0.25) is 0 Å². The van der Waals surface area contributed by atoms with Crippen LogP contribution in [0.2, 0.25) is 0 Å². The van der Waals surface area contributed by atoms with Crippen molar-refractivity contribution in [3.8, 4) is 0 Å². The van der Waals surface area contributed by atoms with Gasteiger partial charge in [0.25, 0.3) is 0 Å². The van der Waals surface area contributed by atoms with Crippen LogP contribution in [0.5, 0.6) is 0 Å². The van der Waals surface area contributed by atoms with E-state index < -0.39 is 0 Å². The van der Waals surface area contributed by atoms with Crippen LogP contribution in [0.4, 0.5) is 11.4 Å². The van der Waals surface area contributed by atoms with E-state index in [9.17, 15) is 0 Å². The number of likely N-dealkylation sites (tertiary alicyclic amines) is 1. The number of methoxy groups -OCH3 is 1. The van der Waals surface area contributed by atoms with Crippen LogP contribution in [0, 0.1) is 6.92 Å². The van der Waals surface area contributed by atoms with Crippen LogP contribution < -0.4 is 11.1 Å². The van der Waals surface area contributed by atoms with Gasteiger partial charge in [0.2, 0.25) is 0 Å². The second-order valence-electron chi connectivity index (χ2n) is 7.93. The lowest BCUT2D eigenvalue weighted by molar-refractivity contribution is -0.0435. The summed E-state index contributed by atoms with van der Waals surface area (Å²) in [4.78, 5) is 2.70. The Kier molecular flexibility index (Phi) is 5.36. The summed E-state index contributed by atoms with van der Waals surface area (Å²) in [5.74, 6) is 0. The van der Waals surface area contributed by atoms with Crippen LogP contribution in [0.3, 0.4) is 0 Å². The number of anilines is 2. The summed E-state index contributed by atoms with van der Waals surface area (Å²) in [7, 11) is 1.86. The monoisotopic (exact) mass is 331 g/mol. The first-order valence-electron chi connectivity index (χ1n) is 9.41. The first kappa shape index (κ1) is 17.6. The molecule has 134 valence electrons. The van der Waals surface area contributed by atoms with Crippen molar-refractivity contribution < 1.29 is 4.74 Å². The molecule has 0 amide bonds. The molecule has 3 rings (SSSR count). The highest BCUT2D eigenvalue weighted by Crippen LogP contribution is 2.34. The Morgan fingerprint density at radius 1 is 1.17 bits per heavy atom. The first-order valence-corrected chi connectivity index (χ1v) is 9.41. The number of nitrogens with zero attached hydrogens (tertiary/aromatic N) is 1. The predicted octanol–water partition coefficient (Wildman–Crippen LogP) is 3.80. The number of hydrogen-bond donors (Lipinski definition) is 2. The number of piperidine rings is 1. The Balaban J connectivity index is 1.49. The molecule has 1 saturated carbocycles. The van der Waals surface area contributed by atoms with E-state index in [0.717, 1.165) is 17.4 Å². The quantitative estimate of drug-likeness (QED) is 0.824. The fourth-order valence-electron chi connectivity index (χ4n) is 4.21. The van der Waals surface area contributed by atoms with Crippen molar-refractivity contribution in [3.63, 3.8) is 0 Å². The molecule has 1 heterocycles. The third-order valence-electron chi connectivity index (χ3n) is 6.12. The Labute approximate surface area is 146 Å². The number of nitrogen functional groups attached to an aromatic ring is 1. The summed E-state index contributed by atoms with van der Waals surface area (Å²) in [6.07, 6.45) is 7.32. The smallest absolute Gasteiger partial charge is 0.0652 e. The van der Waals surface area contributed by atoms with Gasteiger partial charge in [-0.05, 0) is 70.1 Å². The van der Waals surface area contributed by atoms with Crippen molar-refractivity contribution in [2.75, 3.05) is 31.2 Å². The minimum absolute atomic E-state index is 0.110. The summed E-state index contributed by atoms with van der Waals surface area (Å²) < 4.78 is 5.68. The maximum absolute atomic E-state index is 6.10. The third kappa shape index (κ3) is 4.04. The average molecular weight is 332 g/mol. The molecule has 1 aromatic rings. The highest BCUT2D eigenvalue weighted by Gasteiger charge is 2.34. The number of nitrogens with one attached hydrogen (secondary N) is 1. The molecule has 0 bridgehead atoms. The summed E-state index contributed by atoms with van der Waals surface area (Å²) in [5, 5.41) is 3.66. The largest absolute Gasteiger partial charge is 0.397 e. The molecule has 0 radical (unpaired) electrons. The maximum atomic E-state index is 6.10. The van der Waals surface area contributed by atoms with Crippen molar-refractivity contribution in [3.05, 3.63) is 23.8 Å². The molecule has 2 fully saturated rings. The van der Waals surface area contributed by atoms with Gasteiger partial charge in [0.15, 0.2) is 0 Å². The van der Waals surface area contributed by atoms with Gasteiger partial charge in [0.05, 0.1) is 17.0 Å². The van der Waals surface area contributed by atoms with Crippen molar-refractivity contribution in [2.45, 2.75) is 70.1 Å². The number of hydrogen-bond acceptors (Lipinski definition) is 4. The SMILES string of the molecule is COC1(C)CCC(N2CCC(Nc3cc(C)ccc3N)CC2)CC1. The second kappa shape index (κ2) is 7.32. The minimum atomic E-state index is 0.110. The zero-order valence-electron chi connectivity index (χ0n) is 15.5. The lowest BCUT2D eigenvalue weighted by Crippen LogP contribution is -2.48. The van der Waals surface area contributed by atoms with Gasteiger partial charge in [-0.15, -0.1) is 0 Å². The number of ether oxygens (including phenoxy) is 1. The van der Waals surface area contributed by atoms with E-state index >= 15 is 0 Å². The highest BCUT2D eigenvalue weighted by molar-refractivity contribution is 5.67. The second-order valence-corrected chi connectivity index (χ2v) is 7.93. The van der Waals surface area contributed by atoms with Crippen LogP contribution in [-0.4, -0.2) is 42.8 Å².